The lowest BCUT2D eigenvalue weighted by Gasteiger charge is -2.37. The number of hydrogen-bond donors (Lipinski definition) is 1. The number of hydrogen-bond acceptors (Lipinski definition) is 5. The third-order valence-electron chi connectivity index (χ3n) is 4.88. The number of halogens is 1. The second kappa shape index (κ2) is 6.48. The van der Waals surface area contributed by atoms with Gasteiger partial charge in [0.15, 0.2) is 5.78 Å². The Balaban J connectivity index is 2.26. The molecule has 2 heterocycles. The zero-order valence-corrected chi connectivity index (χ0v) is 16.3. The molecule has 7 heteroatoms. The van der Waals surface area contributed by atoms with Gasteiger partial charge in [-0.1, -0.05) is 32.4 Å². The molecule has 3 rings (SSSR count). The number of carbonyl (C=O) groups is 1. The number of ketones is 1. The van der Waals surface area contributed by atoms with Crippen molar-refractivity contribution in [2.24, 2.45) is 11.1 Å². The molecule has 0 aromatic carbocycles. The van der Waals surface area contributed by atoms with Gasteiger partial charge < -0.3 is 10.5 Å². The van der Waals surface area contributed by atoms with Crippen LogP contribution in [0.5, 0.6) is 0 Å². The van der Waals surface area contributed by atoms with Crippen molar-refractivity contribution >= 4 is 17.4 Å². The molecule has 1 aliphatic heterocycles. The molecule has 1 aliphatic carbocycles. The molecule has 1 aromatic rings. The summed E-state index contributed by atoms with van der Waals surface area (Å²) in [5.74, 6) is -0.0718. The van der Waals surface area contributed by atoms with Crippen LogP contribution in [0.4, 0.5) is 0 Å². The lowest BCUT2D eigenvalue weighted by atomic mass is 9.71. The largest absolute Gasteiger partial charge is 0.444 e. The van der Waals surface area contributed by atoms with E-state index in [2.05, 4.69) is 11.2 Å². The lowest BCUT2D eigenvalue weighted by molar-refractivity contribution is -0.119. The average Bonchev–Trinajstić information content (AvgIpc) is 2.79. The Bertz CT molecular complexity index is 886. The maximum Gasteiger partial charge on any atom is 0.205 e. The molecule has 26 heavy (non-hydrogen) atoms. The number of rotatable bonds is 3. The normalized spacial score (nSPS) is 22.2. The average molecular weight is 375 g/mol. The number of aromatic nitrogens is 2. The molecular formula is C19H23ClN4O2. The van der Waals surface area contributed by atoms with E-state index in [4.69, 9.17) is 22.1 Å². The molecule has 1 aromatic heterocycles. The monoisotopic (exact) mass is 374 g/mol. The van der Waals surface area contributed by atoms with E-state index in [1.807, 2.05) is 27.7 Å². The highest BCUT2D eigenvalue weighted by atomic mass is 35.5. The molecule has 0 saturated heterocycles. The third-order valence-corrected chi connectivity index (χ3v) is 5.34. The van der Waals surface area contributed by atoms with Crippen molar-refractivity contribution in [1.82, 2.24) is 9.78 Å². The summed E-state index contributed by atoms with van der Waals surface area (Å²) in [6.45, 7) is 8.53. The van der Waals surface area contributed by atoms with Gasteiger partial charge in [-0.3, -0.25) is 9.48 Å². The van der Waals surface area contributed by atoms with Gasteiger partial charge in [0.1, 0.15) is 17.4 Å². The molecule has 138 valence electrons. The van der Waals surface area contributed by atoms with E-state index in [1.165, 1.54) is 0 Å². The number of aryl methyl sites for hydroxylation is 2. The first-order valence-electron chi connectivity index (χ1n) is 8.76. The van der Waals surface area contributed by atoms with Crippen LogP contribution >= 0.6 is 11.6 Å². The predicted molar refractivity (Wildman–Crippen MR) is 98.0 cm³/mol. The van der Waals surface area contributed by atoms with Crippen LogP contribution in [0.2, 0.25) is 5.02 Å². The maximum atomic E-state index is 13.0. The zero-order valence-electron chi connectivity index (χ0n) is 15.5. The van der Waals surface area contributed by atoms with Crippen LogP contribution in [-0.4, -0.2) is 15.6 Å². The molecule has 0 saturated carbocycles. The summed E-state index contributed by atoms with van der Waals surface area (Å²) in [5.41, 5.74) is 7.87. The molecule has 2 N–H and O–H groups in total. The van der Waals surface area contributed by atoms with Gasteiger partial charge in [0.05, 0.1) is 22.3 Å². The van der Waals surface area contributed by atoms with E-state index in [1.54, 1.807) is 4.68 Å². The molecule has 2 aliphatic rings. The van der Waals surface area contributed by atoms with Crippen molar-refractivity contribution < 1.29 is 9.53 Å². The van der Waals surface area contributed by atoms with Gasteiger partial charge in [0, 0.05) is 25.0 Å². The highest BCUT2D eigenvalue weighted by Crippen LogP contribution is 2.49. The molecule has 0 amide bonds. The smallest absolute Gasteiger partial charge is 0.205 e. The Morgan fingerprint density at radius 2 is 2.15 bits per heavy atom. The van der Waals surface area contributed by atoms with Crippen LogP contribution in [0.25, 0.3) is 0 Å². The first-order chi connectivity index (χ1) is 12.2. The standard InChI is InChI=1S/C19H23ClN4O2/c1-5-6-24-17(16(20)10(2)23-24)14-11(9-21)18(22)26-13-8-19(3,4)7-12(25)15(13)14/h14H,5-8,22H2,1-4H3/t14-/m0/s1. The fourth-order valence-corrected chi connectivity index (χ4v) is 4.04. The molecule has 6 nitrogen and oxygen atoms in total. The summed E-state index contributed by atoms with van der Waals surface area (Å²) in [7, 11) is 0. The maximum absolute atomic E-state index is 13.0. The van der Waals surface area contributed by atoms with Gasteiger partial charge in [0.2, 0.25) is 5.88 Å². The fraction of sp³-hybridized carbons (Fsp3) is 0.526. The number of Topliss-reactive ketones (excluding diaryl/α,β-unsaturated/α-hetero) is 1. The second-order valence-electron chi connectivity index (χ2n) is 7.71. The van der Waals surface area contributed by atoms with Crippen molar-refractivity contribution in [2.45, 2.75) is 59.4 Å². The van der Waals surface area contributed by atoms with E-state index in [0.717, 1.165) is 6.42 Å². The Morgan fingerprint density at radius 1 is 1.46 bits per heavy atom. The Kier molecular flexibility index (Phi) is 4.61. The van der Waals surface area contributed by atoms with Gasteiger partial charge in [0.25, 0.3) is 0 Å². The number of ether oxygens (including phenoxy) is 1. The summed E-state index contributed by atoms with van der Waals surface area (Å²) in [5, 5.41) is 14.7. The molecule has 0 radical (unpaired) electrons. The first kappa shape index (κ1) is 18.5. The van der Waals surface area contributed by atoms with Crippen molar-refractivity contribution in [1.29, 1.82) is 5.26 Å². The van der Waals surface area contributed by atoms with E-state index >= 15 is 0 Å². The van der Waals surface area contributed by atoms with Crippen LogP contribution in [0.3, 0.4) is 0 Å². The Morgan fingerprint density at radius 3 is 2.77 bits per heavy atom. The van der Waals surface area contributed by atoms with E-state index < -0.39 is 5.92 Å². The van der Waals surface area contributed by atoms with Gasteiger partial charge >= 0.3 is 0 Å². The van der Waals surface area contributed by atoms with Gasteiger partial charge in [-0.05, 0) is 18.8 Å². The summed E-state index contributed by atoms with van der Waals surface area (Å²) < 4.78 is 7.51. The van der Waals surface area contributed by atoms with Crippen LogP contribution in [0.15, 0.2) is 22.8 Å². The second-order valence-corrected chi connectivity index (χ2v) is 8.09. The van der Waals surface area contributed by atoms with E-state index in [-0.39, 0.29) is 22.7 Å². The number of allylic oxidation sites excluding steroid dienone is 3. The minimum Gasteiger partial charge on any atom is -0.444 e. The summed E-state index contributed by atoms with van der Waals surface area (Å²) in [6.07, 6.45) is 1.83. The quantitative estimate of drug-likeness (QED) is 0.870. The third kappa shape index (κ3) is 2.90. The number of nitrogens with two attached hydrogens (primary N) is 1. The van der Waals surface area contributed by atoms with Crippen molar-refractivity contribution in [3.63, 3.8) is 0 Å². The van der Waals surface area contributed by atoms with Crippen LogP contribution in [0.1, 0.15) is 57.3 Å². The number of nitriles is 1. The molecular weight excluding hydrogens is 352 g/mol. The SMILES string of the molecule is CCCn1nc(C)c(Cl)c1[C@H]1C(C#N)=C(N)OC2=C1C(=O)CC(C)(C)C2. The van der Waals surface area contributed by atoms with Crippen LogP contribution < -0.4 is 5.73 Å². The predicted octanol–water partition coefficient (Wildman–Crippen LogP) is 3.71. The fourth-order valence-electron chi connectivity index (χ4n) is 3.79. The Labute approximate surface area is 158 Å². The summed E-state index contributed by atoms with van der Waals surface area (Å²) in [6, 6.07) is 2.13. The minimum absolute atomic E-state index is 0.0283. The summed E-state index contributed by atoms with van der Waals surface area (Å²) >= 11 is 6.56. The van der Waals surface area contributed by atoms with Crippen molar-refractivity contribution in [3.8, 4) is 6.07 Å². The van der Waals surface area contributed by atoms with E-state index in [0.29, 0.717) is 47.1 Å². The highest BCUT2D eigenvalue weighted by Gasteiger charge is 2.45. The molecule has 1 atom stereocenters. The number of nitrogens with zero attached hydrogens (tertiary/aromatic N) is 3. The van der Waals surface area contributed by atoms with Crippen LogP contribution in [-0.2, 0) is 16.1 Å². The van der Waals surface area contributed by atoms with Crippen molar-refractivity contribution in [2.75, 3.05) is 0 Å². The first-order valence-corrected chi connectivity index (χ1v) is 9.14. The minimum atomic E-state index is -0.632. The zero-order chi connectivity index (χ0) is 19.2. The Hall–Kier alpha value is -2.26. The molecule has 0 fully saturated rings. The highest BCUT2D eigenvalue weighted by molar-refractivity contribution is 6.32. The lowest BCUT2D eigenvalue weighted by Crippen LogP contribution is -2.34. The molecule has 0 bridgehead atoms. The molecule has 0 unspecified atom stereocenters. The van der Waals surface area contributed by atoms with Gasteiger partial charge in [-0.15, -0.1) is 0 Å². The molecule has 0 spiro atoms. The van der Waals surface area contributed by atoms with Crippen LogP contribution in [0, 0.1) is 23.7 Å². The number of carbonyl (C=O) groups excluding carboxylic acids is 1. The summed E-state index contributed by atoms with van der Waals surface area (Å²) in [4.78, 5) is 13.0. The van der Waals surface area contributed by atoms with Gasteiger partial charge in [-0.25, -0.2) is 0 Å². The topological polar surface area (TPSA) is 93.9 Å². The van der Waals surface area contributed by atoms with Gasteiger partial charge in [-0.2, -0.15) is 10.4 Å². The van der Waals surface area contributed by atoms with E-state index in [9.17, 15) is 10.1 Å². The van der Waals surface area contributed by atoms with Crippen molar-refractivity contribution in [3.05, 3.63) is 39.2 Å².